The second-order valence-corrected chi connectivity index (χ2v) is 4.71. The molecule has 2 unspecified atom stereocenters. The van der Waals surface area contributed by atoms with Gasteiger partial charge in [0.2, 0.25) is 5.91 Å². The predicted molar refractivity (Wildman–Crippen MR) is 59.8 cm³/mol. The maximum Gasteiger partial charge on any atom is 0.250 e. The number of aliphatic hydroxyl groups is 1. The van der Waals surface area contributed by atoms with Gasteiger partial charge in [0.05, 0.1) is 16.7 Å². The smallest absolute Gasteiger partial charge is 0.250 e. The zero-order valence-corrected chi connectivity index (χ0v) is 9.49. The number of amides is 1. The highest BCUT2D eigenvalue weighted by Crippen LogP contribution is 2.23. The summed E-state index contributed by atoms with van der Waals surface area (Å²) in [7, 11) is 0. The van der Waals surface area contributed by atoms with Crippen molar-refractivity contribution in [2.75, 3.05) is 0 Å². The molecule has 82 valence electrons. The summed E-state index contributed by atoms with van der Waals surface area (Å²) in [5.74, 6) is -0.484. The fourth-order valence-electron chi connectivity index (χ4n) is 0.885. The van der Waals surface area contributed by atoms with E-state index < -0.39 is 12.0 Å². The minimum atomic E-state index is -0.484. The van der Waals surface area contributed by atoms with E-state index in [0.717, 1.165) is 5.03 Å². The lowest BCUT2D eigenvalue weighted by Gasteiger charge is -2.12. The number of pyridine rings is 1. The van der Waals surface area contributed by atoms with Crippen molar-refractivity contribution in [1.82, 2.24) is 4.98 Å². The molecular formula is C10H14N2O2S. The Morgan fingerprint density at radius 1 is 1.53 bits per heavy atom. The summed E-state index contributed by atoms with van der Waals surface area (Å²) in [6.45, 7) is 3.65. The van der Waals surface area contributed by atoms with Crippen molar-refractivity contribution in [3.8, 4) is 0 Å². The third kappa shape index (κ3) is 3.53. The number of carbonyl (C=O) groups is 1. The second-order valence-electron chi connectivity index (χ2n) is 3.31. The van der Waals surface area contributed by atoms with Gasteiger partial charge in [-0.3, -0.25) is 4.79 Å². The summed E-state index contributed by atoms with van der Waals surface area (Å²) in [6.07, 6.45) is 1.05. The molecule has 5 heteroatoms. The van der Waals surface area contributed by atoms with Crippen molar-refractivity contribution in [3.05, 3.63) is 23.9 Å². The minimum Gasteiger partial charge on any atom is -0.392 e. The van der Waals surface area contributed by atoms with Crippen molar-refractivity contribution in [1.29, 1.82) is 0 Å². The number of primary amides is 1. The average Bonchev–Trinajstić information content (AvgIpc) is 2.18. The summed E-state index contributed by atoms with van der Waals surface area (Å²) in [5.41, 5.74) is 5.48. The van der Waals surface area contributed by atoms with Gasteiger partial charge in [-0.25, -0.2) is 4.98 Å². The Balaban J connectivity index is 2.68. The van der Waals surface area contributed by atoms with Gasteiger partial charge < -0.3 is 10.8 Å². The first-order valence-corrected chi connectivity index (χ1v) is 5.49. The zero-order chi connectivity index (χ0) is 11.4. The van der Waals surface area contributed by atoms with E-state index in [1.165, 1.54) is 18.0 Å². The topological polar surface area (TPSA) is 76.2 Å². The molecule has 0 aliphatic heterocycles. The molecule has 1 heterocycles. The van der Waals surface area contributed by atoms with Crippen molar-refractivity contribution in [2.45, 2.75) is 30.2 Å². The van der Waals surface area contributed by atoms with E-state index in [1.54, 1.807) is 19.1 Å². The Labute approximate surface area is 92.9 Å². The van der Waals surface area contributed by atoms with Crippen LogP contribution in [0.2, 0.25) is 0 Å². The lowest BCUT2D eigenvalue weighted by atomic mass is 10.3. The third-order valence-corrected chi connectivity index (χ3v) is 3.26. The molecule has 0 saturated carbocycles. The minimum absolute atomic E-state index is 0.0666. The summed E-state index contributed by atoms with van der Waals surface area (Å²) in [4.78, 5) is 14.9. The molecule has 0 aromatic carbocycles. The molecule has 3 N–H and O–H groups in total. The number of rotatable bonds is 4. The number of carbonyl (C=O) groups excluding carboxylic acids is 1. The van der Waals surface area contributed by atoms with Crippen LogP contribution in [0.1, 0.15) is 24.2 Å². The van der Waals surface area contributed by atoms with Crippen LogP contribution < -0.4 is 5.73 Å². The van der Waals surface area contributed by atoms with Crippen molar-refractivity contribution in [3.63, 3.8) is 0 Å². The van der Waals surface area contributed by atoms with Crippen LogP contribution in [0.4, 0.5) is 0 Å². The van der Waals surface area contributed by atoms with E-state index in [0.29, 0.717) is 5.56 Å². The van der Waals surface area contributed by atoms with Crippen LogP contribution in [0.15, 0.2) is 23.4 Å². The van der Waals surface area contributed by atoms with Gasteiger partial charge in [-0.2, -0.15) is 0 Å². The van der Waals surface area contributed by atoms with Crippen molar-refractivity contribution >= 4 is 17.7 Å². The Hall–Kier alpha value is -1.07. The van der Waals surface area contributed by atoms with E-state index in [2.05, 4.69) is 4.98 Å². The molecule has 2 atom stereocenters. The first-order chi connectivity index (χ1) is 7.00. The standard InChI is InChI=1S/C10H14N2O2S/c1-6(13)7(2)15-9-4-3-8(5-12-9)10(11)14/h3-7,13H,1-2H3,(H2,11,14). The number of thioether (sulfide) groups is 1. The number of hydrogen-bond acceptors (Lipinski definition) is 4. The monoisotopic (exact) mass is 226 g/mol. The van der Waals surface area contributed by atoms with Crippen molar-refractivity contribution in [2.24, 2.45) is 5.73 Å². The van der Waals surface area contributed by atoms with Gasteiger partial charge in [0.25, 0.3) is 0 Å². The molecule has 0 aliphatic rings. The fourth-order valence-corrected chi connectivity index (χ4v) is 1.72. The molecule has 1 aromatic heterocycles. The molecule has 0 aliphatic carbocycles. The largest absolute Gasteiger partial charge is 0.392 e. The van der Waals surface area contributed by atoms with Gasteiger partial charge in [-0.15, -0.1) is 11.8 Å². The maximum atomic E-state index is 10.8. The first-order valence-electron chi connectivity index (χ1n) is 4.61. The van der Waals surface area contributed by atoms with Gasteiger partial charge in [-0.05, 0) is 19.1 Å². The number of nitrogens with two attached hydrogens (primary N) is 1. The third-order valence-electron chi connectivity index (χ3n) is 2.01. The molecule has 15 heavy (non-hydrogen) atoms. The lowest BCUT2D eigenvalue weighted by molar-refractivity contribution is 0.1000. The van der Waals surface area contributed by atoms with Crippen LogP contribution in [0, 0.1) is 0 Å². The normalized spacial score (nSPS) is 14.6. The molecule has 0 fully saturated rings. The van der Waals surface area contributed by atoms with E-state index in [9.17, 15) is 9.90 Å². The number of aliphatic hydroxyl groups excluding tert-OH is 1. The van der Waals surface area contributed by atoms with Gasteiger partial charge in [0.1, 0.15) is 0 Å². The molecule has 0 radical (unpaired) electrons. The van der Waals surface area contributed by atoms with E-state index in [-0.39, 0.29) is 5.25 Å². The van der Waals surface area contributed by atoms with Crippen LogP contribution >= 0.6 is 11.8 Å². The highest BCUT2D eigenvalue weighted by atomic mass is 32.2. The number of nitrogens with zero attached hydrogens (tertiary/aromatic N) is 1. The Kier molecular flexibility index (Phi) is 4.11. The fraction of sp³-hybridized carbons (Fsp3) is 0.400. The highest BCUT2D eigenvalue weighted by molar-refractivity contribution is 7.99. The van der Waals surface area contributed by atoms with Gasteiger partial charge in [-0.1, -0.05) is 6.92 Å². The molecule has 1 aromatic rings. The quantitative estimate of drug-likeness (QED) is 0.752. The molecule has 1 rings (SSSR count). The number of aromatic nitrogens is 1. The molecule has 4 nitrogen and oxygen atoms in total. The molecule has 0 bridgehead atoms. The van der Waals surface area contributed by atoms with Gasteiger partial charge in [0.15, 0.2) is 0 Å². The van der Waals surface area contributed by atoms with Crippen LogP contribution in [-0.2, 0) is 0 Å². The summed E-state index contributed by atoms with van der Waals surface area (Å²) in [6, 6.07) is 3.36. The predicted octanol–water partition coefficient (Wildman–Crippen LogP) is 1.04. The van der Waals surface area contributed by atoms with Crippen LogP contribution in [-0.4, -0.2) is 27.4 Å². The molecular weight excluding hydrogens is 212 g/mol. The summed E-state index contributed by atoms with van der Waals surface area (Å²) >= 11 is 1.46. The van der Waals surface area contributed by atoms with Crippen molar-refractivity contribution < 1.29 is 9.90 Å². The van der Waals surface area contributed by atoms with Gasteiger partial charge >= 0.3 is 0 Å². The number of hydrogen-bond donors (Lipinski definition) is 2. The highest BCUT2D eigenvalue weighted by Gasteiger charge is 2.11. The molecule has 0 spiro atoms. The van der Waals surface area contributed by atoms with Gasteiger partial charge in [0, 0.05) is 11.4 Å². The average molecular weight is 226 g/mol. The van der Waals surface area contributed by atoms with Crippen LogP contribution in [0.25, 0.3) is 0 Å². The summed E-state index contributed by atoms with van der Waals surface area (Å²) < 4.78 is 0. The Morgan fingerprint density at radius 2 is 2.20 bits per heavy atom. The van der Waals surface area contributed by atoms with E-state index >= 15 is 0 Å². The first kappa shape index (κ1) is 12.0. The zero-order valence-electron chi connectivity index (χ0n) is 8.68. The van der Waals surface area contributed by atoms with Crippen LogP contribution in [0.5, 0.6) is 0 Å². The molecule has 1 amide bonds. The lowest BCUT2D eigenvalue weighted by Crippen LogP contribution is -2.15. The second kappa shape index (κ2) is 5.14. The maximum absolute atomic E-state index is 10.8. The van der Waals surface area contributed by atoms with E-state index in [1.807, 2.05) is 6.92 Å². The van der Waals surface area contributed by atoms with E-state index in [4.69, 9.17) is 5.73 Å². The summed E-state index contributed by atoms with van der Waals surface area (Å²) in [5, 5.41) is 10.1. The Bertz CT molecular complexity index is 338. The Morgan fingerprint density at radius 3 is 2.60 bits per heavy atom. The molecule has 0 saturated heterocycles. The SMILES string of the molecule is CC(O)C(C)Sc1ccc(C(N)=O)cn1. The van der Waals surface area contributed by atoms with Crippen LogP contribution in [0.3, 0.4) is 0 Å².